The van der Waals surface area contributed by atoms with Gasteiger partial charge in [-0.05, 0) is 40.9 Å². The Bertz CT molecular complexity index is 529. The first kappa shape index (κ1) is 15.9. The lowest BCUT2D eigenvalue weighted by molar-refractivity contribution is -0.114. The van der Waals surface area contributed by atoms with Gasteiger partial charge in [0.15, 0.2) is 0 Å². The van der Waals surface area contributed by atoms with Crippen LogP contribution in [-0.4, -0.2) is 12.1 Å². The van der Waals surface area contributed by atoms with E-state index in [4.69, 9.17) is 5.73 Å². The molecule has 19 heavy (non-hydrogen) atoms. The van der Waals surface area contributed by atoms with Crippen LogP contribution in [-0.2, 0) is 4.79 Å². The van der Waals surface area contributed by atoms with E-state index < -0.39 is 5.91 Å². The van der Waals surface area contributed by atoms with Crippen molar-refractivity contribution in [3.63, 3.8) is 0 Å². The van der Waals surface area contributed by atoms with E-state index in [0.717, 1.165) is 21.5 Å². The van der Waals surface area contributed by atoms with Gasteiger partial charge in [0.05, 0.1) is 15.1 Å². The molecule has 0 radical (unpaired) electrons. The number of carbonyl (C=O) groups excluding carboxylic acids is 1. The number of rotatable bonds is 3. The SMILES string of the molecule is CC.NC(=O)C1=CCCC=C1N=Cc1ccc(Br)s1. The number of primary amides is 1. The molecule has 0 saturated carbocycles. The first-order valence-corrected chi connectivity index (χ1v) is 7.77. The zero-order valence-corrected chi connectivity index (χ0v) is 13.4. The zero-order chi connectivity index (χ0) is 14.3. The quantitative estimate of drug-likeness (QED) is 0.829. The fraction of sp³-hybridized carbons (Fsp3) is 0.286. The Morgan fingerprint density at radius 2 is 2.05 bits per heavy atom. The van der Waals surface area contributed by atoms with Gasteiger partial charge in [-0.25, -0.2) is 0 Å². The highest BCUT2D eigenvalue weighted by Gasteiger charge is 2.12. The summed E-state index contributed by atoms with van der Waals surface area (Å²) in [6, 6.07) is 3.93. The van der Waals surface area contributed by atoms with Crippen LogP contribution in [0.15, 0.2) is 44.3 Å². The fourth-order valence-electron chi connectivity index (χ4n) is 1.54. The summed E-state index contributed by atoms with van der Waals surface area (Å²) in [5, 5.41) is 0. The van der Waals surface area contributed by atoms with Crippen molar-refractivity contribution in [1.29, 1.82) is 0 Å². The van der Waals surface area contributed by atoms with Gasteiger partial charge in [0.25, 0.3) is 5.91 Å². The molecule has 1 aromatic rings. The Kier molecular flexibility index (Phi) is 6.73. The van der Waals surface area contributed by atoms with Crippen LogP contribution in [0, 0.1) is 0 Å². The number of aliphatic imine (C=N–C) groups is 1. The number of allylic oxidation sites excluding steroid dienone is 2. The Labute approximate surface area is 126 Å². The first-order chi connectivity index (χ1) is 9.16. The topological polar surface area (TPSA) is 55.5 Å². The minimum Gasteiger partial charge on any atom is -0.366 e. The van der Waals surface area contributed by atoms with Crippen molar-refractivity contribution >= 4 is 39.4 Å². The molecule has 0 saturated heterocycles. The van der Waals surface area contributed by atoms with Gasteiger partial charge >= 0.3 is 0 Å². The van der Waals surface area contributed by atoms with Crippen LogP contribution in [0.3, 0.4) is 0 Å². The highest BCUT2D eigenvalue weighted by molar-refractivity contribution is 9.11. The molecular weight excluding hydrogens is 324 g/mol. The van der Waals surface area contributed by atoms with E-state index in [0.29, 0.717) is 11.3 Å². The lowest BCUT2D eigenvalue weighted by atomic mass is 10.0. The summed E-state index contributed by atoms with van der Waals surface area (Å²) in [7, 11) is 0. The maximum Gasteiger partial charge on any atom is 0.250 e. The average molecular weight is 341 g/mol. The monoisotopic (exact) mass is 340 g/mol. The summed E-state index contributed by atoms with van der Waals surface area (Å²) in [6.45, 7) is 4.00. The molecule has 3 nitrogen and oxygen atoms in total. The molecule has 0 spiro atoms. The Morgan fingerprint density at radius 1 is 1.37 bits per heavy atom. The zero-order valence-electron chi connectivity index (χ0n) is 11.0. The predicted molar refractivity (Wildman–Crippen MR) is 85.6 cm³/mol. The van der Waals surface area contributed by atoms with Gasteiger partial charge < -0.3 is 5.73 Å². The van der Waals surface area contributed by atoms with Crippen LogP contribution in [0.5, 0.6) is 0 Å². The highest BCUT2D eigenvalue weighted by atomic mass is 79.9. The second-order valence-corrected chi connectivity index (χ2v) is 6.04. The number of nitrogens with two attached hydrogens (primary N) is 1. The lowest BCUT2D eigenvalue weighted by Crippen LogP contribution is -2.16. The third-order valence-corrected chi connectivity index (χ3v) is 3.88. The van der Waals surface area contributed by atoms with Crippen molar-refractivity contribution in [3.05, 3.63) is 44.2 Å². The van der Waals surface area contributed by atoms with Crippen molar-refractivity contribution in [1.82, 2.24) is 0 Å². The van der Waals surface area contributed by atoms with E-state index in [2.05, 4.69) is 20.9 Å². The molecule has 0 bridgehead atoms. The number of halogens is 1. The van der Waals surface area contributed by atoms with Crippen LogP contribution < -0.4 is 5.73 Å². The number of carbonyl (C=O) groups is 1. The molecule has 2 N–H and O–H groups in total. The van der Waals surface area contributed by atoms with Crippen LogP contribution in [0.4, 0.5) is 0 Å². The average Bonchev–Trinajstić information content (AvgIpc) is 2.85. The minimum atomic E-state index is -0.416. The van der Waals surface area contributed by atoms with Crippen molar-refractivity contribution in [3.8, 4) is 0 Å². The van der Waals surface area contributed by atoms with Crippen molar-refractivity contribution < 1.29 is 4.79 Å². The highest BCUT2D eigenvalue weighted by Crippen LogP contribution is 2.23. The summed E-state index contributed by atoms with van der Waals surface area (Å²) < 4.78 is 1.06. The molecule has 0 atom stereocenters. The Balaban J connectivity index is 0.000000861. The second-order valence-electron chi connectivity index (χ2n) is 3.55. The van der Waals surface area contributed by atoms with Gasteiger partial charge in [-0.15, -0.1) is 11.3 Å². The normalized spacial score (nSPS) is 14.5. The van der Waals surface area contributed by atoms with Crippen molar-refractivity contribution in [2.75, 3.05) is 0 Å². The summed E-state index contributed by atoms with van der Waals surface area (Å²) in [5.41, 5.74) is 6.49. The molecule has 0 aromatic carbocycles. The molecular formula is C14H17BrN2OS. The number of hydrogen-bond acceptors (Lipinski definition) is 3. The maximum absolute atomic E-state index is 11.2. The molecule has 1 aromatic heterocycles. The van der Waals surface area contributed by atoms with Gasteiger partial charge in [0, 0.05) is 11.1 Å². The molecule has 1 aliphatic carbocycles. The lowest BCUT2D eigenvalue weighted by Gasteiger charge is -2.08. The molecule has 2 rings (SSSR count). The number of hydrogen-bond donors (Lipinski definition) is 1. The summed E-state index contributed by atoms with van der Waals surface area (Å²) >= 11 is 4.98. The standard InChI is InChI=1S/C12H11BrN2OS.C2H6/c13-11-6-5-8(17-11)7-15-10-4-2-1-3-9(10)12(14)16;1-2/h3-7H,1-2H2,(H2,14,16);1-2H3. The largest absolute Gasteiger partial charge is 0.366 e. The predicted octanol–water partition coefficient (Wildman–Crippen LogP) is 4.05. The van der Waals surface area contributed by atoms with Gasteiger partial charge in [-0.3, -0.25) is 9.79 Å². The van der Waals surface area contributed by atoms with E-state index in [-0.39, 0.29) is 0 Å². The van der Waals surface area contributed by atoms with Crippen LogP contribution in [0.25, 0.3) is 0 Å². The number of amides is 1. The third kappa shape index (κ3) is 4.76. The van der Waals surface area contributed by atoms with Crippen molar-refractivity contribution in [2.45, 2.75) is 26.7 Å². The Hall–Kier alpha value is -1.20. The van der Waals surface area contributed by atoms with Crippen molar-refractivity contribution in [2.24, 2.45) is 10.7 Å². The van der Waals surface area contributed by atoms with Crippen LogP contribution in [0.1, 0.15) is 31.6 Å². The van der Waals surface area contributed by atoms with Gasteiger partial charge in [-0.2, -0.15) is 0 Å². The van der Waals surface area contributed by atoms with Crippen LogP contribution in [0.2, 0.25) is 0 Å². The summed E-state index contributed by atoms with van der Waals surface area (Å²) in [4.78, 5) is 16.6. The third-order valence-electron chi connectivity index (χ3n) is 2.32. The summed E-state index contributed by atoms with van der Waals surface area (Å²) in [6.07, 6.45) is 7.29. The van der Waals surface area contributed by atoms with E-state index in [1.807, 2.05) is 38.1 Å². The molecule has 1 aliphatic rings. The van der Waals surface area contributed by atoms with E-state index >= 15 is 0 Å². The molecule has 102 valence electrons. The van der Waals surface area contributed by atoms with Gasteiger partial charge in [-0.1, -0.05) is 26.0 Å². The smallest absolute Gasteiger partial charge is 0.250 e. The van der Waals surface area contributed by atoms with E-state index in [1.165, 1.54) is 0 Å². The molecule has 1 heterocycles. The molecule has 0 fully saturated rings. The molecule has 1 amide bonds. The second kappa shape index (κ2) is 8.07. The van der Waals surface area contributed by atoms with Gasteiger partial charge in [0.2, 0.25) is 0 Å². The minimum absolute atomic E-state index is 0.416. The maximum atomic E-state index is 11.2. The number of thiophene rings is 1. The molecule has 5 heteroatoms. The van der Waals surface area contributed by atoms with E-state index in [1.54, 1.807) is 17.6 Å². The number of nitrogens with zero attached hydrogens (tertiary/aromatic N) is 1. The van der Waals surface area contributed by atoms with Gasteiger partial charge in [0.1, 0.15) is 0 Å². The van der Waals surface area contributed by atoms with E-state index in [9.17, 15) is 4.79 Å². The summed E-state index contributed by atoms with van der Waals surface area (Å²) in [5.74, 6) is -0.416. The molecule has 0 aliphatic heterocycles. The fourth-order valence-corrected chi connectivity index (χ4v) is 2.84. The van der Waals surface area contributed by atoms with Crippen LogP contribution >= 0.6 is 27.3 Å². The first-order valence-electron chi connectivity index (χ1n) is 6.17. The molecule has 0 unspecified atom stereocenters. The Morgan fingerprint density at radius 3 is 2.63 bits per heavy atom.